The van der Waals surface area contributed by atoms with Gasteiger partial charge in [-0.15, -0.1) is 22.7 Å². The Morgan fingerprint density at radius 3 is 2.58 bits per heavy atom. The average Bonchev–Trinajstić information content (AvgIpc) is 3.25. The number of anilines is 1. The lowest BCUT2D eigenvalue weighted by molar-refractivity contribution is 0.0947. The number of thiophene rings is 1. The number of amides is 1. The molecule has 0 bridgehead atoms. The molecule has 0 spiro atoms. The number of nitrogens with zero attached hydrogens (tertiary/aromatic N) is 1. The fourth-order valence-corrected chi connectivity index (χ4v) is 4.48. The molecule has 2 aromatic heterocycles. The van der Waals surface area contributed by atoms with E-state index in [-0.39, 0.29) is 21.6 Å². The molecule has 24 heavy (non-hydrogen) atoms. The third kappa shape index (κ3) is 3.99. The highest BCUT2D eigenvalue weighted by Crippen LogP contribution is 2.20. The van der Waals surface area contributed by atoms with Crippen LogP contribution >= 0.6 is 22.7 Å². The Morgan fingerprint density at radius 1 is 1.08 bits per heavy atom. The molecule has 3 aromatic rings. The maximum Gasteiger partial charge on any atom is 0.271 e. The molecule has 6 nitrogen and oxygen atoms in total. The zero-order valence-electron chi connectivity index (χ0n) is 12.3. The summed E-state index contributed by atoms with van der Waals surface area (Å²) in [5.74, 6) is -0.343. The number of thiazole rings is 1. The van der Waals surface area contributed by atoms with Crippen molar-refractivity contribution in [2.45, 2.75) is 11.4 Å². The molecule has 3 rings (SSSR count). The van der Waals surface area contributed by atoms with Gasteiger partial charge in [-0.3, -0.25) is 9.52 Å². The number of carbonyl (C=O) groups excluding carboxylic acids is 1. The molecular weight excluding hydrogens is 366 g/mol. The maximum atomic E-state index is 12.2. The number of rotatable bonds is 6. The number of hydrogen-bond donors (Lipinski definition) is 2. The summed E-state index contributed by atoms with van der Waals surface area (Å²) in [7, 11) is -3.71. The first-order valence-electron chi connectivity index (χ1n) is 6.88. The van der Waals surface area contributed by atoms with Crippen LogP contribution in [0.5, 0.6) is 0 Å². The topological polar surface area (TPSA) is 88.2 Å². The molecule has 0 aliphatic rings. The van der Waals surface area contributed by atoms with Crippen LogP contribution in [-0.2, 0) is 16.6 Å². The number of sulfonamides is 1. The van der Waals surface area contributed by atoms with Crippen LogP contribution in [0.1, 0.15) is 15.4 Å². The van der Waals surface area contributed by atoms with Crippen molar-refractivity contribution in [2.24, 2.45) is 0 Å². The van der Waals surface area contributed by atoms with Crippen LogP contribution in [-0.4, -0.2) is 19.3 Å². The Balaban J connectivity index is 1.66. The molecule has 0 fully saturated rings. The second kappa shape index (κ2) is 7.12. The molecule has 0 saturated heterocycles. The first kappa shape index (κ1) is 16.6. The van der Waals surface area contributed by atoms with E-state index in [1.54, 1.807) is 29.5 Å². The fourth-order valence-electron chi connectivity index (χ4n) is 1.87. The summed E-state index contributed by atoms with van der Waals surface area (Å²) in [6.07, 6.45) is 0. The van der Waals surface area contributed by atoms with Gasteiger partial charge in [0.2, 0.25) is 0 Å². The standard InChI is InChI=1S/C15H13N3O3S3/c19-14(16-9-11-5-4-8-22-11)13-10-23-15(17-13)18-24(20,21)12-6-2-1-3-7-12/h1-8,10H,9H2,(H,16,19)(H,17,18). The van der Waals surface area contributed by atoms with Crippen LogP contribution in [0.4, 0.5) is 5.13 Å². The SMILES string of the molecule is O=C(NCc1cccs1)c1csc(NS(=O)(=O)c2ccccc2)n1. The van der Waals surface area contributed by atoms with E-state index in [1.807, 2.05) is 17.5 Å². The van der Waals surface area contributed by atoms with Gasteiger partial charge in [-0.1, -0.05) is 24.3 Å². The lowest BCUT2D eigenvalue weighted by Gasteiger charge is -2.04. The molecule has 124 valence electrons. The van der Waals surface area contributed by atoms with Gasteiger partial charge in [-0.05, 0) is 23.6 Å². The van der Waals surface area contributed by atoms with Gasteiger partial charge in [0.15, 0.2) is 5.13 Å². The van der Waals surface area contributed by atoms with Gasteiger partial charge in [-0.2, -0.15) is 0 Å². The van der Waals surface area contributed by atoms with Crippen molar-refractivity contribution in [2.75, 3.05) is 4.72 Å². The summed E-state index contributed by atoms with van der Waals surface area (Å²) < 4.78 is 26.8. The molecule has 9 heteroatoms. The van der Waals surface area contributed by atoms with E-state index < -0.39 is 10.0 Å². The predicted octanol–water partition coefficient (Wildman–Crippen LogP) is 2.94. The third-order valence-electron chi connectivity index (χ3n) is 3.02. The first-order valence-corrected chi connectivity index (χ1v) is 10.1. The van der Waals surface area contributed by atoms with Crippen molar-refractivity contribution in [3.8, 4) is 0 Å². The van der Waals surface area contributed by atoms with Crippen LogP contribution in [0.2, 0.25) is 0 Å². The van der Waals surface area contributed by atoms with Crippen LogP contribution in [0.25, 0.3) is 0 Å². The second-order valence-corrected chi connectivity index (χ2v) is 8.29. The minimum absolute atomic E-state index is 0.142. The quantitative estimate of drug-likeness (QED) is 0.689. The van der Waals surface area contributed by atoms with Gasteiger partial charge in [0.05, 0.1) is 11.4 Å². The van der Waals surface area contributed by atoms with E-state index >= 15 is 0 Å². The number of nitrogens with one attached hydrogen (secondary N) is 2. The van der Waals surface area contributed by atoms with Crippen LogP contribution < -0.4 is 10.0 Å². The Kier molecular flexibility index (Phi) is 4.93. The van der Waals surface area contributed by atoms with Crippen molar-refractivity contribution in [3.63, 3.8) is 0 Å². The lowest BCUT2D eigenvalue weighted by Crippen LogP contribution is -2.22. The van der Waals surface area contributed by atoms with Crippen LogP contribution in [0.3, 0.4) is 0 Å². The van der Waals surface area contributed by atoms with E-state index in [1.165, 1.54) is 17.5 Å². The Morgan fingerprint density at radius 2 is 1.88 bits per heavy atom. The summed E-state index contributed by atoms with van der Waals surface area (Å²) in [6, 6.07) is 11.8. The summed E-state index contributed by atoms with van der Waals surface area (Å²) in [6.45, 7) is 0.416. The third-order valence-corrected chi connectivity index (χ3v) is 6.13. The minimum atomic E-state index is -3.71. The molecule has 0 atom stereocenters. The zero-order chi connectivity index (χ0) is 17.0. The monoisotopic (exact) mass is 379 g/mol. The van der Waals surface area contributed by atoms with Crippen molar-refractivity contribution < 1.29 is 13.2 Å². The van der Waals surface area contributed by atoms with E-state index in [0.717, 1.165) is 16.2 Å². The molecule has 2 heterocycles. The summed E-state index contributed by atoms with van der Waals surface area (Å²) in [5, 5.41) is 6.35. The molecule has 1 aromatic carbocycles. The van der Waals surface area contributed by atoms with E-state index in [0.29, 0.717) is 6.54 Å². The molecule has 2 N–H and O–H groups in total. The highest BCUT2D eigenvalue weighted by atomic mass is 32.2. The van der Waals surface area contributed by atoms with E-state index in [9.17, 15) is 13.2 Å². The molecule has 0 unspecified atom stereocenters. The van der Waals surface area contributed by atoms with E-state index in [4.69, 9.17) is 0 Å². The highest BCUT2D eigenvalue weighted by Gasteiger charge is 2.17. The van der Waals surface area contributed by atoms with Crippen molar-refractivity contribution in [3.05, 3.63) is 63.8 Å². The number of carbonyl (C=O) groups is 1. The summed E-state index contributed by atoms with van der Waals surface area (Å²) >= 11 is 2.61. The van der Waals surface area contributed by atoms with Crippen molar-refractivity contribution in [1.82, 2.24) is 10.3 Å². The predicted molar refractivity (Wildman–Crippen MR) is 94.9 cm³/mol. The summed E-state index contributed by atoms with van der Waals surface area (Å²) in [5.41, 5.74) is 0.183. The van der Waals surface area contributed by atoms with Crippen LogP contribution in [0, 0.1) is 0 Å². The van der Waals surface area contributed by atoms with Crippen molar-refractivity contribution >= 4 is 43.7 Å². The zero-order valence-corrected chi connectivity index (χ0v) is 14.7. The van der Waals surface area contributed by atoms with Crippen molar-refractivity contribution in [1.29, 1.82) is 0 Å². The van der Waals surface area contributed by atoms with Gasteiger partial charge < -0.3 is 5.32 Å². The Hall–Kier alpha value is -2.23. The second-order valence-electron chi connectivity index (χ2n) is 4.72. The molecule has 0 aliphatic carbocycles. The minimum Gasteiger partial charge on any atom is -0.346 e. The normalized spacial score (nSPS) is 11.2. The van der Waals surface area contributed by atoms with Gasteiger partial charge in [0.1, 0.15) is 5.69 Å². The first-order chi connectivity index (χ1) is 11.5. The smallest absolute Gasteiger partial charge is 0.271 e. The largest absolute Gasteiger partial charge is 0.346 e. The highest BCUT2D eigenvalue weighted by molar-refractivity contribution is 7.93. The lowest BCUT2D eigenvalue weighted by atomic mass is 10.4. The molecule has 0 saturated carbocycles. The molecule has 0 radical (unpaired) electrons. The number of aromatic nitrogens is 1. The number of hydrogen-bond acceptors (Lipinski definition) is 6. The fraction of sp³-hybridized carbons (Fsp3) is 0.0667. The van der Waals surface area contributed by atoms with Gasteiger partial charge in [-0.25, -0.2) is 13.4 Å². The van der Waals surface area contributed by atoms with Gasteiger partial charge in [0.25, 0.3) is 15.9 Å². The molecule has 0 aliphatic heterocycles. The Labute approximate surface area is 147 Å². The van der Waals surface area contributed by atoms with E-state index in [2.05, 4.69) is 15.0 Å². The average molecular weight is 379 g/mol. The summed E-state index contributed by atoms with van der Waals surface area (Å²) in [4.78, 5) is 17.3. The molecular formula is C15H13N3O3S3. The Bertz CT molecular complexity index is 919. The number of benzene rings is 1. The van der Waals surface area contributed by atoms with Gasteiger partial charge >= 0.3 is 0 Å². The molecule has 1 amide bonds. The maximum absolute atomic E-state index is 12.2. The van der Waals surface area contributed by atoms with Crippen LogP contribution in [0.15, 0.2) is 58.1 Å². The van der Waals surface area contributed by atoms with Gasteiger partial charge in [0, 0.05) is 10.3 Å².